The van der Waals surface area contributed by atoms with Crippen LogP contribution in [-0.2, 0) is 0 Å². The van der Waals surface area contributed by atoms with Gasteiger partial charge in [0.15, 0.2) is 0 Å². The van der Waals surface area contributed by atoms with Gasteiger partial charge in [-0.3, -0.25) is 0 Å². The first-order valence-electron chi connectivity index (χ1n) is 3.61. The predicted octanol–water partition coefficient (Wildman–Crippen LogP) is 1.73. The van der Waals surface area contributed by atoms with Crippen LogP contribution in [0.2, 0.25) is 6.55 Å². The minimum Gasteiger partial charge on any atom is -0.0985 e. The average molecular weight is 150 g/mol. The second-order valence-corrected chi connectivity index (χ2v) is 1.61. The van der Waals surface area contributed by atoms with Gasteiger partial charge in [-0.25, -0.2) is 0 Å². The van der Waals surface area contributed by atoms with Gasteiger partial charge in [-0.05, 0) is 15.8 Å². The summed E-state index contributed by atoms with van der Waals surface area (Å²) in [5.74, 6) is 0. The zero-order valence-corrected chi connectivity index (χ0v) is 8.67. The zero-order valence-electron chi connectivity index (χ0n) is 6.67. The highest BCUT2D eigenvalue weighted by molar-refractivity contribution is 6.05. The molecule has 0 saturated carbocycles. The topological polar surface area (TPSA) is 0 Å². The maximum atomic E-state index is 3.63. The molecular weight excluding hydrogens is 136 g/mol. The molecule has 0 N–H and O–H groups in total. The molecular formula is C9H14Si. The molecule has 0 saturated heterocycles. The molecule has 0 fully saturated rings. The van der Waals surface area contributed by atoms with Gasteiger partial charge in [-0.1, -0.05) is 49.5 Å². The highest BCUT2D eigenvalue weighted by Crippen LogP contribution is 1.97. The van der Waals surface area contributed by atoms with Gasteiger partial charge >= 0.3 is 0 Å². The summed E-state index contributed by atoms with van der Waals surface area (Å²) >= 11 is 0. The summed E-state index contributed by atoms with van der Waals surface area (Å²) in [6.07, 6.45) is 1.83. The van der Waals surface area contributed by atoms with E-state index in [0.717, 1.165) is 0 Å². The van der Waals surface area contributed by atoms with Crippen LogP contribution in [0.4, 0.5) is 0 Å². The van der Waals surface area contributed by atoms with Gasteiger partial charge < -0.3 is 0 Å². The van der Waals surface area contributed by atoms with Gasteiger partial charge in [-0.15, -0.1) is 0 Å². The standard InChI is InChI=1S/C8H8.CH6Si/c1-2-8-6-4-3-5-7-8;1-2/h2-7H,1H2;1-2H3. The van der Waals surface area contributed by atoms with Crippen molar-refractivity contribution in [2.75, 3.05) is 0 Å². The van der Waals surface area contributed by atoms with E-state index in [1.54, 1.807) is 0 Å². The molecule has 0 aliphatic heterocycles. The molecule has 0 heterocycles. The summed E-state index contributed by atoms with van der Waals surface area (Å²) < 4.78 is 0. The molecule has 0 aromatic heterocycles. The summed E-state index contributed by atoms with van der Waals surface area (Å²) in [5.41, 5.74) is 1.17. The van der Waals surface area contributed by atoms with Crippen LogP contribution >= 0.6 is 0 Å². The van der Waals surface area contributed by atoms with Crippen molar-refractivity contribution in [3.05, 3.63) is 42.5 Å². The Labute approximate surface area is 66.0 Å². The van der Waals surface area contributed by atoms with Crippen LogP contribution < -0.4 is 0 Å². The molecule has 10 heavy (non-hydrogen) atoms. The second-order valence-electron chi connectivity index (χ2n) is 1.61. The third-order valence-electron chi connectivity index (χ3n) is 1.04. The first-order chi connectivity index (χ1) is 4.93. The normalized spacial score (nSPS) is 7.70. The van der Waals surface area contributed by atoms with Gasteiger partial charge in [-0.2, -0.15) is 0 Å². The Morgan fingerprint density at radius 2 is 1.70 bits per heavy atom. The average Bonchev–Trinajstić information content (AvgIpc) is 2.10. The molecule has 0 unspecified atom stereocenters. The summed E-state index contributed by atoms with van der Waals surface area (Å²) in [5, 5.41) is 0. The highest BCUT2D eigenvalue weighted by atomic mass is 28.1. The Hall–Kier alpha value is -0.823. The van der Waals surface area contributed by atoms with E-state index in [1.165, 1.54) is 15.8 Å². The van der Waals surface area contributed by atoms with Crippen molar-refractivity contribution in [3.63, 3.8) is 0 Å². The van der Waals surface area contributed by atoms with Gasteiger partial charge in [0.25, 0.3) is 0 Å². The molecule has 0 nitrogen and oxygen atoms in total. The fourth-order valence-corrected chi connectivity index (χ4v) is 0.589. The maximum absolute atomic E-state index is 3.63. The lowest BCUT2D eigenvalue weighted by molar-refractivity contribution is 1.67. The molecule has 0 aliphatic carbocycles. The lowest BCUT2D eigenvalue weighted by Gasteiger charge is -1.85. The molecule has 1 aromatic carbocycles. The van der Waals surface area contributed by atoms with E-state index in [0.29, 0.717) is 0 Å². The van der Waals surface area contributed by atoms with Crippen molar-refractivity contribution in [1.82, 2.24) is 0 Å². The van der Waals surface area contributed by atoms with Gasteiger partial charge in [0, 0.05) is 0 Å². The quantitative estimate of drug-likeness (QED) is 0.535. The Kier molecular flexibility index (Phi) is 5.78. The first-order valence-corrected chi connectivity index (χ1v) is 5.61. The first kappa shape index (κ1) is 9.18. The van der Waals surface area contributed by atoms with Crippen LogP contribution in [0.1, 0.15) is 5.56 Å². The molecule has 0 bridgehead atoms. The van der Waals surface area contributed by atoms with Crippen molar-refractivity contribution < 1.29 is 0 Å². The van der Waals surface area contributed by atoms with Crippen LogP contribution in [0.3, 0.4) is 0 Å². The molecule has 1 rings (SSSR count). The summed E-state index contributed by atoms with van der Waals surface area (Å²) in [7, 11) is 1.31. The van der Waals surface area contributed by atoms with Crippen LogP contribution in [-0.4, -0.2) is 10.2 Å². The van der Waals surface area contributed by atoms with Crippen LogP contribution in [0, 0.1) is 0 Å². The molecule has 0 radical (unpaired) electrons. The number of hydrogen-bond donors (Lipinski definition) is 0. The number of hydrogen-bond acceptors (Lipinski definition) is 0. The van der Waals surface area contributed by atoms with E-state index in [9.17, 15) is 0 Å². The zero-order chi connectivity index (χ0) is 7.82. The maximum Gasteiger partial charge on any atom is -0.000585 e. The van der Waals surface area contributed by atoms with E-state index in [-0.39, 0.29) is 0 Å². The van der Waals surface area contributed by atoms with Gasteiger partial charge in [0.1, 0.15) is 0 Å². The summed E-state index contributed by atoms with van der Waals surface area (Å²) in [6, 6.07) is 10.0. The van der Waals surface area contributed by atoms with Crippen molar-refractivity contribution in [3.8, 4) is 0 Å². The van der Waals surface area contributed by atoms with Crippen molar-refractivity contribution in [2.24, 2.45) is 0 Å². The van der Waals surface area contributed by atoms with Crippen LogP contribution in [0.25, 0.3) is 6.08 Å². The predicted molar refractivity (Wildman–Crippen MR) is 52.3 cm³/mol. The SMILES string of the molecule is C=Cc1ccccc1.C[SiH3]. The smallest absolute Gasteiger partial charge is 0.000585 e. The minimum atomic E-state index is 1.17. The van der Waals surface area contributed by atoms with E-state index in [4.69, 9.17) is 0 Å². The molecule has 1 heteroatoms. The Morgan fingerprint density at radius 1 is 1.20 bits per heavy atom. The van der Waals surface area contributed by atoms with Crippen molar-refractivity contribution >= 4 is 16.3 Å². The number of rotatable bonds is 1. The van der Waals surface area contributed by atoms with Gasteiger partial charge in [0.05, 0.1) is 0 Å². The lowest BCUT2D eigenvalue weighted by Crippen LogP contribution is -1.63. The third-order valence-corrected chi connectivity index (χ3v) is 1.04. The Balaban J connectivity index is 0.000000371. The molecule has 1 aromatic rings. The van der Waals surface area contributed by atoms with E-state index in [1.807, 2.05) is 36.4 Å². The Morgan fingerprint density at radius 3 is 2.00 bits per heavy atom. The third kappa shape index (κ3) is 3.25. The van der Waals surface area contributed by atoms with Gasteiger partial charge in [0.2, 0.25) is 0 Å². The second kappa shape index (κ2) is 6.30. The minimum absolute atomic E-state index is 1.17. The van der Waals surface area contributed by atoms with E-state index in [2.05, 4.69) is 13.1 Å². The van der Waals surface area contributed by atoms with E-state index >= 15 is 0 Å². The molecule has 54 valence electrons. The largest absolute Gasteiger partial charge is 0.0985 e. The lowest BCUT2D eigenvalue weighted by atomic mass is 10.2. The monoisotopic (exact) mass is 150 g/mol. The molecule has 0 atom stereocenters. The Bertz CT molecular complexity index is 167. The molecule has 0 amide bonds. The fraction of sp³-hybridized carbons (Fsp3) is 0.111. The van der Waals surface area contributed by atoms with Crippen LogP contribution in [0.15, 0.2) is 36.9 Å². The molecule has 0 aliphatic rings. The van der Waals surface area contributed by atoms with E-state index < -0.39 is 0 Å². The highest BCUT2D eigenvalue weighted by Gasteiger charge is 1.75. The van der Waals surface area contributed by atoms with Crippen molar-refractivity contribution in [2.45, 2.75) is 6.55 Å². The fourth-order valence-electron chi connectivity index (χ4n) is 0.589. The summed E-state index contributed by atoms with van der Waals surface area (Å²) in [6.45, 7) is 5.77. The summed E-state index contributed by atoms with van der Waals surface area (Å²) in [4.78, 5) is 0. The van der Waals surface area contributed by atoms with Crippen LogP contribution in [0.5, 0.6) is 0 Å². The number of benzene rings is 1. The van der Waals surface area contributed by atoms with Crippen molar-refractivity contribution in [1.29, 1.82) is 0 Å². The molecule has 0 spiro atoms.